The molecule has 0 aliphatic heterocycles. The monoisotopic (exact) mass is 404 g/mol. The van der Waals surface area contributed by atoms with Gasteiger partial charge in [0, 0.05) is 35.4 Å². The fourth-order valence-corrected chi connectivity index (χ4v) is 4.47. The van der Waals surface area contributed by atoms with Crippen molar-refractivity contribution in [3.05, 3.63) is 36.5 Å². The van der Waals surface area contributed by atoms with Crippen molar-refractivity contribution in [1.82, 2.24) is 24.7 Å². The van der Waals surface area contributed by atoms with E-state index in [1.807, 2.05) is 12.1 Å². The molecule has 0 bridgehead atoms. The van der Waals surface area contributed by atoms with Crippen LogP contribution in [0, 0.1) is 5.82 Å². The van der Waals surface area contributed by atoms with E-state index >= 15 is 0 Å². The molecule has 1 unspecified atom stereocenters. The van der Waals surface area contributed by atoms with Gasteiger partial charge in [0.1, 0.15) is 5.65 Å². The van der Waals surface area contributed by atoms with Gasteiger partial charge in [-0.05, 0) is 25.0 Å². The molecule has 148 valence electrons. The highest BCUT2D eigenvalue weighted by atomic mass is 32.2. The van der Waals surface area contributed by atoms with E-state index in [-0.39, 0.29) is 17.9 Å². The van der Waals surface area contributed by atoms with Crippen molar-refractivity contribution in [2.75, 3.05) is 11.6 Å². The first kappa shape index (κ1) is 18.8. The van der Waals surface area contributed by atoms with Crippen LogP contribution in [0.4, 0.5) is 10.2 Å². The molecular weight excluding hydrogens is 383 g/mol. The number of halogens is 1. The molecule has 3 N–H and O–H groups in total. The molecule has 3 aromatic heterocycles. The van der Waals surface area contributed by atoms with Gasteiger partial charge >= 0.3 is 0 Å². The number of anilines is 1. The van der Waals surface area contributed by atoms with E-state index in [0.717, 1.165) is 42.7 Å². The second kappa shape index (κ2) is 7.44. The molecule has 0 amide bonds. The first-order chi connectivity index (χ1) is 13.4. The average molecular weight is 404 g/mol. The van der Waals surface area contributed by atoms with Crippen LogP contribution in [-0.2, 0) is 10.0 Å². The number of pyridine rings is 1. The summed E-state index contributed by atoms with van der Waals surface area (Å²) in [7, 11) is -3.35. The molecule has 10 heteroatoms. The van der Waals surface area contributed by atoms with Gasteiger partial charge in [-0.2, -0.15) is 0 Å². The van der Waals surface area contributed by atoms with Gasteiger partial charge < -0.3 is 10.3 Å². The predicted octanol–water partition coefficient (Wildman–Crippen LogP) is 2.43. The third-order valence-corrected chi connectivity index (χ3v) is 5.62. The van der Waals surface area contributed by atoms with Crippen molar-refractivity contribution in [3.63, 3.8) is 0 Å². The Labute approximate surface area is 162 Å². The smallest absolute Gasteiger partial charge is 0.209 e. The van der Waals surface area contributed by atoms with E-state index in [4.69, 9.17) is 0 Å². The molecular formula is C18H21FN6O2S. The Morgan fingerprint density at radius 3 is 2.79 bits per heavy atom. The lowest BCUT2D eigenvalue weighted by atomic mass is 9.91. The number of sulfonamides is 1. The van der Waals surface area contributed by atoms with Gasteiger partial charge in [0.05, 0.1) is 12.5 Å². The Bertz CT molecular complexity index is 1100. The first-order valence-corrected chi connectivity index (χ1v) is 11.0. The quantitative estimate of drug-likeness (QED) is 0.602. The van der Waals surface area contributed by atoms with Gasteiger partial charge in [-0.15, -0.1) is 0 Å². The van der Waals surface area contributed by atoms with Crippen LogP contribution in [0.2, 0.25) is 0 Å². The number of aromatic amines is 1. The van der Waals surface area contributed by atoms with Crippen molar-refractivity contribution in [1.29, 1.82) is 0 Å². The standard InChI is InChI=1S/C18H21FN6O2S/c1-28(26,27)25-15-7-3-2-6-14(15)23-18-13(19)10-22-17(24-18)12-9-21-16-11(12)5-4-8-20-16/h4-5,8-10,14-15,25H,2-3,6-7H2,1H3,(H,20,21)(H,22,23,24)/t14?,15-/m1/s1. The zero-order chi connectivity index (χ0) is 19.7. The van der Waals surface area contributed by atoms with Crippen molar-refractivity contribution < 1.29 is 12.8 Å². The van der Waals surface area contributed by atoms with Crippen LogP contribution in [0.3, 0.4) is 0 Å². The molecule has 1 fully saturated rings. The minimum absolute atomic E-state index is 0.0652. The number of rotatable bonds is 5. The summed E-state index contributed by atoms with van der Waals surface area (Å²) < 4.78 is 40.3. The molecule has 0 aromatic carbocycles. The van der Waals surface area contributed by atoms with E-state index in [2.05, 4.69) is 30.0 Å². The number of fused-ring (bicyclic) bond motifs is 1. The minimum atomic E-state index is -3.35. The third kappa shape index (κ3) is 3.97. The second-order valence-corrected chi connectivity index (χ2v) is 8.80. The first-order valence-electron chi connectivity index (χ1n) is 9.09. The molecule has 0 spiro atoms. The maximum atomic E-state index is 14.4. The van der Waals surface area contributed by atoms with Crippen LogP contribution in [-0.4, -0.2) is 46.7 Å². The summed E-state index contributed by atoms with van der Waals surface area (Å²) in [6.07, 6.45) is 8.96. The maximum Gasteiger partial charge on any atom is 0.209 e. The number of hydrogen-bond acceptors (Lipinski definition) is 6. The SMILES string of the molecule is CS(=O)(=O)N[C@@H]1CCCCC1Nc1nc(-c2c[nH]c3ncccc23)ncc1F. The molecule has 0 saturated heterocycles. The van der Waals surface area contributed by atoms with E-state index < -0.39 is 15.8 Å². The molecule has 1 saturated carbocycles. The van der Waals surface area contributed by atoms with Gasteiger partial charge in [0.2, 0.25) is 10.0 Å². The summed E-state index contributed by atoms with van der Waals surface area (Å²) in [5.41, 5.74) is 1.42. The minimum Gasteiger partial charge on any atom is -0.363 e. The fraction of sp³-hybridized carbons (Fsp3) is 0.389. The largest absolute Gasteiger partial charge is 0.363 e. The number of nitrogens with zero attached hydrogens (tertiary/aromatic N) is 3. The third-order valence-electron chi connectivity index (χ3n) is 4.89. The molecule has 28 heavy (non-hydrogen) atoms. The molecule has 8 nitrogen and oxygen atoms in total. The lowest BCUT2D eigenvalue weighted by Gasteiger charge is -2.32. The Hall–Kier alpha value is -2.59. The average Bonchev–Trinajstić information content (AvgIpc) is 3.08. The molecule has 3 aromatic rings. The number of hydrogen-bond donors (Lipinski definition) is 3. The summed E-state index contributed by atoms with van der Waals surface area (Å²) in [5, 5.41) is 3.94. The lowest BCUT2D eigenvalue weighted by molar-refractivity contribution is 0.377. The van der Waals surface area contributed by atoms with Crippen molar-refractivity contribution in [2.24, 2.45) is 0 Å². The molecule has 1 aliphatic rings. The second-order valence-electron chi connectivity index (χ2n) is 7.02. The van der Waals surface area contributed by atoms with E-state index in [1.54, 1.807) is 12.4 Å². The summed E-state index contributed by atoms with van der Waals surface area (Å²) in [6.45, 7) is 0. The van der Waals surface area contributed by atoms with Crippen LogP contribution < -0.4 is 10.0 Å². The molecule has 3 heterocycles. The van der Waals surface area contributed by atoms with Crippen molar-refractivity contribution in [3.8, 4) is 11.4 Å². The van der Waals surface area contributed by atoms with Gasteiger partial charge in [-0.3, -0.25) is 0 Å². The molecule has 4 rings (SSSR count). The van der Waals surface area contributed by atoms with E-state index in [0.29, 0.717) is 17.9 Å². The summed E-state index contributed by atoms with van der Waals surface area (Å²) in [6, 6.07) is 3.15. The van der Waals surface area contributed by atoms with Crippen LogP contribution in [0.1, 0.15) is 25.7 Å². The molecule has 0 radical (unpaired) electrons. The fourth-order valence-electron chi connectivity index (χ4n) is 3.63. The maximum absolute atomic E-state index is 14.4. The van der Waals surface area contributed by atoms with Gasteiger partial charge in [0.15, 0.2) is 17.5 Å². The summed E-state index contributed by atoms with van der Waals surface area (Å²) in [4.78, 5) is 15.8. The van der Waals surface area contributed by atoms with Gasteiger partial charge in [-0.25, -0.2) is 32.5 Å². The highest BCUT2D eigenvalue weighted by molar-refractivity contribution is 7.88. The number of aromatic nitrogens is 4. The van der Waals surface area contributed by atoms with E-state index in [9.17, 15) is 12.8 Å². The van der Waals surface area contributed by atoms with Crippen LogP contribution >= 0.6 is 0 Å². The predicted molar refractivity (Wildman–Crippen MR) is 105 cm³/mol. The number of H-pyrrole nitrogens is 1. The molecule has 2 atom stereocenters. The normalized spacial score (nSPS) is 20.4. The Balaban J connectivity index is 1.64. The van der Waals surface area contributed by atoms with Gasteiger partial charge in [0.25, 0.3) is 0 Å². The highest BCUT2D eigenvalue weighted by Crippen LogP contribution is 2.28. The Morgan fingerprint density at radius 2 is 2.00 bits per heavy atom. The Morgan fingerprint density at radius 1 is 1.21 bits per heavy atom. The lowest BCUT2D eigenvalue weighted by Crippen LogP contribution is -2.48. The Kier molecular flexibility index (Phi) is 4.98. The van der Waals surface area contributed by atoms with Crippen LogP contribution in [0.25, 0.3) is 22.4 Å². The van der Waals surface area contributed by atoms with Crippen molar-refractivity contribution >= 4 is 26.9 Å². The molecule has 1 aliphatic carbocycles. The van der Waals surface area contributed by atoms with Crippen molar-refractivity contribution in [2.45, 2.75) is 37.8 Å². The topological polar surface area (TPSA) is 113 Å². The zero-order valence-electron chi connectivity index (χ0n) is 15.3. The number of nitrogens with one attached hydrogen (secondary N) is 3. The van der Waals surface area contributed by atoms with Crippen LogP contribution in [0.15, 0.2) is 30.7 Å². The summed E-state index contributed by atoms with van der Waals surface area (Å²) in [5.74, 6) is -0.146. The summed E-state index contributed by atoms with van der Waals surface area (Å²) >= 11 is 0. The highest BCUT2D eigenvalue weighted by Gasteiger charge is 2.28. The van der Waals surface area contributed by atoms with E-state index in [1.165, 1.54) is 0 Å². The zero-order valence-corrected chi connectivity index (χ0v) is 16.1. The van der Waals surface area contributed by atoms with Crippen LogP contribution in [0.5, 0.6) is 0 Å². The van der Waals surface area contributed by atoms with Gasteiger partial charge in [-0.1, -0.05) is 12.8 Å².